The van der Waals surface area contributed by atoms with Crippen LogP contribution in [-0.2, 0) is 24.2 Å². The minimum atomic E-state index is 0.0677. The Hall–Kier alpha value is -1.95. The van der Waals surface area contributed by atoms with Gasteiger partial charge < -0.3 is 4.90 Å². The Labute approximate surface area is 165 Å². The minimum absolute atomic E-state index is 0.0677. The minimum Gasteiger partial charge on any atom is -0.328 e. The summed E-state index contributed by atoms with van der Waals surface area (Å²) in [7, 11) is 0. The van der Waals surface area contributed by atoms with Crippen LogP contribution >= 0.6 is 11.3 Å². The molecule has 1 fully saturated rings. The first-order valence-corrected chi connectivity index (χ1v) is 10.6. The average molecular weight is 382 g/mol. The lowest BCUT2D eigenvalue weighted by molar-refractivity contribution is -0.129. The van der Waals surface area contributed by atoms with Crippen molar-refractivity contribution in [1.82, 2.24) is 15.8 Å². The standard InChI is InChI=1S/C22H27N3OS/c1-15-22(16(2)24-23-15)25(14-20-7-4-12-27-20)21(26)11-9-17-8-10-18-5-3-6-19(18)13-17/h4,7-13,15-16,22-24H,3,5-6,14H2,1-2H3/b11-9+. The third kappa shape index (κ3) is 4.00. The van der Waals surface area contributed by atoms with E-state index in [4.69, 9.17) is 0 Å². The van der Waals surface area contributed by atoms with Crippen molar-refractivity contribution < 1.29 is 4.79 Å². The highest BCUT2D eigenvalue weighted by Gasteiger charge is 2.36. The van der Waals surface area contributed by atoms with Crippen LogP contribution in [0.25, 0.3) is 6.08 Å². The van der Waals surface area contributed by atoms with Gasteiger partial charge in [-0.15, -0.1) is 11.3 Å². The molecule has 0 saturated carbocycles. The predicted molar refractivity (Wildman–Crippen MR) is 111 cm³/mol. The van der Waals surface area contributed by atoms with Gasteiger partial charge in [-0.25, -0.2) is 0 Å². The van der Waals surface area contributed by atoms with Gasteiger partial charge in [-0.3, -0.25) is 15.6 Å². The van der Waals surface area contributed by atoms with E-state index in [1.54, 1.807) is 17.4 Å². The highest BCUT2D eigenvalue weighted by atomic mass is 32.1. The summed E-state index contributed by atoms with van der Waals surface area (Å²) in [6.45, 7) is 4.90. The molecule has 1 aliphatic carbocycles. The summed E-state index contributed by atoms with van der Waals surface area (Å²) < 4.78 is 0. The van der Waals surface area contributed by atoms with E-state index in [1.807, 2.05) is 17.0 Å². The lowest BCUT2D eigenvalue weighted by atomic mass is 10.0. The van der Waals surface area contributed by atoms with Crippen LogP contribution in [0.2, 0.25) is 0 Å². The monoisotopic (exact) mass is 381 g/mol. The van der Waals surface area contributed by atoms with Crippen LogP contribution in [0.3, 0.4) is 0 Å². The van der Waals surface area contributed by atoms with Crippen LogP contribution in [0, 0.1) is 0 Å². The molecule has 27 heavy (non-hydrogen) atoms. The maximum atomic E-state index is 13.1. The van der Waals surface area contributed by atoms with E-state index in [2.05, 4.69) is 54.3 Å². The molecule has 0 spiro atoms. The number of rotatable bonds is 5. The van der Waals surface area contributed by atoms with Gasteiger partial charge in [-0.05, 0) is 67.3 Å². The summed E-state index contributed by atoms with van der Waals surface area (Å²) >= 11 is 1.70. The first kappa shape index (κ1) is 18.4. The Morgan fingerprint density at radius 2 is 1.96 bits per heavy atom. The zero-order valence-electron chi connectivity index (χ0n) is 15.9. The molecule has 1 saturated heterocycles. The molecule has 4 nitrogen and oxygen atoms in total. The molecule has 142 valence electrons. The van der Waals surface area contributed by atoms with Crippen molar-refractivity contribution in [1.29, 1.82) is 0 Å². The number of hydrogen-bond donors (Lipinski definition) is 2. The summed E-state index contributed by atoms with van der Waals surface area (Å²) in [4.78, 5) is 16.3. The second-order valence-electron chi connectivity index (χ2n) is 7.62. The molecule has 0 radical (unpaired) electrons. The maximum Gasteiger partial charge on any atom is 0.247 e. The highest BCUT2D eigenvalue weighted by Crippen LogP contribution is 2.24. The molecule has 2 heterocycles. The molecule has 1 aromatic carbocycles. The highest BCUT2D eigenvalue weighted by molar-refractivity contribution is 7.09. The second-order valence-corrected chi connectivity index (χ2v) is 8.65. The fraction of sp³-hybridized carbons (Fsp3) is 0.409. The van der Waals surface area contributed by atoms with Crippen LogP contribution in [0.5, 0.6) is 0 Å². The molecule has 2 N–H and O–H groups in total. The molecule has 2 aliphatic rings. The topological polar surface area (TPSA) is 44.4 Å². The molecule has 1 aliphatic heterocycles. The summed E-state index contributed by atoms with van der Waals surface area (Å²) in [6.07, 6.45) is 7.29. The molecular weight excluding hydrogens is 354 g/mol. The van der Waals surface area contributed by atoms with Gasteiger partial charge in [0.2, 0.25) is 5.91 Å². The van der Waals surface area contributed by atoms with Crippen LogP contribution < -0.4 is 10.9 Å². The molecular formula is C22H27N3OS. The zero-order chi connectivity index (χ0) is 18.8. The Morgan fingerprint density at radius 3 is 2.70 bits per heavy atom. The normalized spacial score (nSPS) is 24.4. The maximum absolute atomic E-state index is 13.1. The first-order chi connectivity index (χ1) is 13.1. The smallest absolute Gasteiger partial charge is 0.247 e. The van der Waals surface area contributed by atoms with E-state index >= 15 is 0 Å². The third-order valence-corrected chi connectivity index (χ3v) is 6.51. The van der Waals surface area contributed by atoms with Crippen molar-refractivity contribution in [2.75, 3.05) is 0 Å². The van der Waals surface area contributed by atoms with Crippen molar-refractivity contribution in [3.05, 3.63) is 63.4 Å². The van der Waals surface area contributed by atoms with Gasteiger partial charge in [0, 0.05) is 23.0 Å². The first-order valence-electron chi connectivity index (χ1n) is 9.76. The van der Waals surface area contributed by atoms with E-state index in [0.29, 0.717) is 6.54 Å². The average Bonchev–Trinajstić information content (AvgIpc) is 3.40. The van der Waals surface area contributed by atoms with Gasteiger partial charge in [-0.1, -0.05) is 24.3 Å². The largest absolute Gasteiger partial charge is 0.328 e. The number of carbonyl (C=O) groups excluding carboxylic acids is 1. The number of amides is 1. The summed E-state index contributed by atoms with van der Waals surface area (Å²) in [5.41, 5.74) is 10.6. The Bertz CT molecular complexity index is 820. The molecule has 2 atom stereocenters. The van der Waals surface area contributed by atoms with Gasteiger partial charge in [-0.2, -0.15) is 0 Å². The number of carbonyl (C=O) groups is 1. The fourth-order valence-electron chi connectivity index (χ4n) is 4.27. The summed E-state index contributed by atoms with van der Waals surface area (Å²) in [6, 6.07) is 11.2. The van der Waals surface area contributed by atoms with Gasteiger partial charge in [0.1, 0.15) is 0 Å². The number of aryl methyl sites for hydroxylation is 2. The van der Waals surface area contributed by atoms with E-state index in [-0.39, 0.29) is 24.0 Å². The summed E-state index contributed by atoms with van der Waals surface area (Å²) in [5.74, 6) is 0.0677. The van der Waals surface area contributed by atoms with Crippen molar-refractivity contribution in [2.24, 2.45) is 0 Å². The number of hydrazine groups is 1. The predicted octanol–water partition coefficient (Wildman–Crippen LogP) is 3.53. The molecule has 1 amide bonds. The number of fused-ring (bicyclic) bond motifs is 1. The number of benzene rings is 1. The molecule has 4 rings (SSSR count). The Kier molecular flexibility index (Phi) is 5.43. The van der Waals surface area contributed by atoms with Crippen LogP contribution in [0.1, 0.15) is 41.8 Å². The van der Waals surface area contributed by atoms with E-state index < -0.39 is 0 Å². The van der Waals surface area contributed by atoms with E-state index in [9.17, 15) is 4.79 Å². The Balaban J connectivity index is 1.54. The quantitative estimate of drug-likeness (QED) is 0.779. The van der Waals surface area contributed by atoms with Crippen molar-refractivity contribution in [3.8, 4) is 0 Å². The molecule has 2 unspecified atom stereocenters. The third-order valence-electron chi connectivity index (χ3n) is 5.65. The van der Waals surface area contributed by atoms with Crippen molar-refractivity contribution >= 4 is 23.3 Å². The molecule has 2 aromatic rings. The molecule has 0 bridgehead atoms. The van der Waals surface area contributed by atoms with E-state index in [1.165, 1.54) is 28.8 Å². The lowest BCUT2D eigenvalue weighted by Crippen LogP contribution is -2.48. The number of nitrogens with zero attached hydrogens (tertiary/aromatic N) is 1. The zero-order valence-corrected chi connectivity index (χ0v) is 16.8. The number of nitrogens with one attached hydrogen (secondary N) is 2. The van der Waals surface area contributed by atoms with E-state index in [0.717, 1.165) is 12.0 Å². The summed E-state index contributed by atoms with van der Waals surface area (Å²) in [5, 5.41) is 2.07. The van der Waals surface area contributed by atoms with Crippen molar-refractivity contribution in [2.45, 2.75) is 57.8 Å². The van der Waals surface area contributed by atoms with Gasteiger partial charge >= 0.3 is 0 Å². The fourth-order valence-corrected chi connectivity index (χ4v) is 4.97. The van der Waals surface area contributed by atoms with Crippen molar-refractivity contribution in [3.63, 3.8) is 0 Å². The lowest BCUT2D eigenvalue weighted by Gasteiger charge is -2.32. The molecule has 1 aromatic heterocycles. The number of thiophene rings is 1. The van der Waals surface area contributed by atoms with Gasteiger partial charge in [0.15, 0.2) is 0 Å². The van der Waals surface area contributed by atoms with Crippen LogP contribution in [-0.4, -0.2) is 28.9 Å². The Morgan fingerprint density at radius 1 is 1.19 bits per heavy atom. The molecule has 5 heteroatoms. The van der Waals surface area contributed by atoms with Crippen LogP contribution in [0.4, 0.5) is 0 Å². The van der Waals surface area contributed by atoms with Crippen LogP contribution in [0.15, 0.2) is 41.8 Å². The second kappa shape index (κ2) is 7.97. The number of hydrogen-bond acceptors (Lipinski definition) is 4. The van der Waals surface area contributed by atoms with Gasteiger partial charge in [0.25, 0.3) is 0 Å². The SMILES string of the molecule is CC1NNC(C)C1N(Cc1cccs1)C(=O)/C=C/c1ccc2c(c1)CCC2. The van der Waals surface area contributed by atoms with Gasteiger partial charge in [0.05, 0.1) is 12.6 Å².